The summed E-state index contributed by atoms with van der Waals surface area (Å²) in [7, 11) is -8.11. The minimum Gasteiger partial charge on any atom is -0.688 e. The first kappa shape index (κ1) is 23.9. The topological polar surface area (TPSA) is 136 Å². The number of rotatable bonds is 6. The van der Waals surface area contributed by atoms with Gasteiger partial charge in [-0.3, -0.25) is 4.89 Å². The first-order valence-corrected chi connectivity index (χ1v) is 8.65. The summed E-state index contributed by atoms with van der Waals surface area (Å²) in [5.74, 6) is 0. The smallest absolute Gasteiger partial charge is 0.688 e. The SMILES string of the molecule is CCCC[P+]([O-])([O-])O.CCCC[P+]([O-])([O-])[O-].[La+3]. The average molecular weight is 412 g/mol. The van der Waals surface area contributed by atoms with Crippen molar-refractivity contribution < 1.29 is 65.0 Å². The zero-order chi connectivity index (χ0) is 13.2. The van der Waals surface area contributed by atoms with Crippen LogP contribution < -0.4 is 24.5 Å². The quantitative estimate of drug-likeness (QED) is 0.497. The number of hydrogen-bond acceptors (Lipinski definition) is 6. The zero-order valence-electron chi connectivity index (χ0n) is 10.2. The molecule has 0 aliphatic carbocycles. The van der Waals surface area contributed by atoms with E-state index in [1.165, 1.54) is 0 Å². The summed E-state index contributed by atoms with van der Waals surface area (Å²) in [5, 5.41) is 0. The Labute approximate surface area is 132 Å². The molecule has 0 aromatic heterocycles. The van der Waals surface area contributed by atoms with Crippen LogP contribution in [-0.2, 0) is 0 Å². The zero-order valence-corrected chi connectivity index (χ0v) is 15.6. The fourth-order valence-corrected chi connectivity index (χ4v) is 2.13. The van der Waals surface area contributed by atoms with Gasteiger partial charge in [0.2, 0.25) is 0 Å². The van der Waals surface area contributed by atoms with Crippen molar-refractivity contribution in [1.82, 2.24) is 0 Å². The molecule has 0 aromatic rings. The summed E-state index contributed by atoms with van der Waals surface area (Å²) in [6, 6.07) is 0. The molecule has 0 radical (unpaired) electrons. The van der Waals surface area contributed by atoms with Gasteiger partial charge in [0.25, 0.3) is 0 Å². The summed E-state index contributed by atoms with van der Waals surface area (Å²) in [6.07, 6.45) is 2.33. The molecule has 0 aromatic carbocycles. The van der Waals surface area contributed by atoms with E-state index in [1.807, 2.05) is 13.8 Å². The maximum Gasteiger partial charge on any atom is 3.00 e. The molecule has 0 atom stereocenters. The van der Waals surface area contributed by atoms with Gasteiger partial charge in [-0.25, -0.2) is 0 Å². The third-order valence-corrected chi connectivity index (χ3v) is 3.33. The largest absolute Gasteiger partial charge is 3.00 e. The van der Waals surface area contributed by atoms with Crippen molar-refractivity contribution in [2.24, 2.45) is 0 Å². The summed E-state index contributed by atoms with van der Waals surface area (Å²) in [4.78, 5) is 57.7. The van der Waals surface area contributed by atoms with E-state index in [0.29, 0.717) is 12.8 Å². The van der Waals surface area contributed by atoms with E-state index in [0.717, 1.165) is 12.8 Å². The molecule has 0 rings (SSSR count). The summed E-state index contributed by atoms with van der Waals surface area (Å²) in [5.41, 5.74) is 0. The Morgan fingerprint density at radius 1 is 0.824 bits per heavy atom. The van der Waals surface area contributed by atoms with Crippen LogP contribution in [-0.4, -0.2) is 17.2 Å². The second-order valence-electron chi connectivity index (χ2n) is 3.40. The van der Waals surface area contributed by atoms with Crippen molar-refractivity contribution in [3.63, 3.8) is 0 Å². The van der Waals surface area contributed by atoms with Crippen molar-refractivity contribution in [2.75, 3.05) is 12.3 Å². The Morgan fingerprint density at radius 2 is 1.18 bits per heavy atom. The van der Waals surface area contributed by atoms with Crippen molar-refractivity contribution in [1.29, 1.82) is 0 Å². The monoisotopic (exact) mass is 412 g/mol. The number of unbranched alkanes of at least 4 members (excludes halogenated alkanes) is 2. The summed E-state index contributed by atoms with van der Waals surface area (Å²) < 4.78 is 0. The van der Waals surface area contributed by atoms with Gasteiger partial charge < -0.3 is 24.5 Å². The molecule has 0 heterocycles. The van der Waals surface area contributed by atoms with E-state index in [-0.39, 0.29) is 47.9 Å². The molecule has 0 unspecified atom stereocenters. The molecule has 0 spiro atoms. The summed E-state index contributed by atoms with van der Waals surface area (Å²) in [6.45, 7) is 3.71. The van der Waals surface area contributed by atoms with Gasteiger partial charge in [-0.1, -0.05) is 26.7 Å². The molecule has 0 fully saturated rings. The van der Waals surface area contributed by atoms with Crippen LogP contribution in [0.4, 0.5) is 0 Å². The molecule has 0 aliphatic rings. The van der Waals surface area contributed by atoms with Crippen LogP contribution in [0.15, 0.2) is 0 Å². The minimum atomic E-state index is -4.18. The van der Waals surface area contributed by atoms with Crippen LogP contribution in [0, 0.1) is 35.6 Å². The Hall–Kier alpha value is 1.81. The first-order chi connectivity index (χ1) is 7.12. The number of hydrogen-bond donors (Lipinski definition) is 1. The van der Waals surface area contributed by atoms with Crippen molar-refractivity contribution in [3.8, 4) is 0 Å². The fraction of sp³-hybridized carbons (Fsp3) is 1.00. The van der Waals surface area contributed by atoms with Crippen molar-refractivity contribution in [2.45, 2.75) is 39.5 Å². The molecule has 1 N–H and O–H groups in total. The molecule has 0 amide bonds. The Morgan fingerprint density at radius 3 is 1.29 bits per heavy atom. The van der Waals surface area contributed by atoms with Gasteiger partial charge in [0.05, 0.1) is 6.16 Å². The molecule has 6 nitrogen and oxygen atoms in total. The van der Waals surface area contributed by atoms with Crippen molar-refractivity contribution in [3.05, 3.63) is 0 Å². The Kier molecular flexibility index (Phi) is 18.0. The van der Waals surface area contributed by atoms with Crippen LogP contribution in [0.1, 0.15) is 39.5 Å². The van der Waals surface area contributed by atoms with E-state index in [2.05, 4.69) is 0 Å². The predicted octanol–water partition coefficient (Wildman–Crippen LogP) is -2.11. The second-order valence-corrected chi connectivity index (χ2v) is 6.79. The van der Waals surface area contributed by atoms with E-state index >= 15 is 0 Å². The molecule has 0 saturated heterocycles. The standard InChI is InChI=1S/2C4H11O3P.La/c2*1-2-3-4-8(5,6)7;/h2*2-4H2,1H3,(H2,5,6,7);/q;;+3/p-3. The minimum absolute atomic E-state index is 0. The molecule has 0 saturated carbocycles. The van der Waals surface area contributed by atoms with Gasteiger partial charge in [0.1, 0.15) is 0 Å². The molecular formula is C8H19LaO6P2. The maximum atomic E-state index is 9.97. The Balaban J connectivity index is -0.000000218. The van der Waals surface area contributed by atoms with Gasteiger partial charge in [0, 0.05) is 14.1 Å². The Bertz CT molecular complexity index is 141. The predicted molar refractivity (Wildman–Crippen MR) is 55.6 cm³/mol. The van der Waals surface area contributed by atoms with Crippen LogP contribution in [0.25, 0.3) is 0 Å². The van der Waals surface area contributed by atoms with E-state index in [9.17, 15) is 24.5 Å². The van der Waals surface area contributed by atoms with Gasteiger partial charge in [-0.2, -0.15) is 7.94 Å². The van der Waals surface area contributed by atoms with Crippen molar-refractivity contribution >= 4 is 15.9 Å². The normalized spacial score (nSPS) is 11.3. The third-order valence-electron chi connectivity index (χ3n) is 1.58. The molecule has 17 heavy (non-hydrogen) atoms. The molecular weight excluding hydrogens is 393 g/mol. The first-order valence-electron chi connectivity index (χ1n) is 5.16. The van der Waals surface area contributed by atoms with Gasteiger partial charge >= 0.3 is 35.6 Å². The maximum absolute atomic E-state index is 9.97. The molecule has 0 bridgehead atoms. The summed E-state index contributed by atoms with van der Waals surface area (Å²) >= 11 is 0. The van der Waals surface area contributed by atoms with E-state index in [1.54, 1.807) is 0 Å². The van der Waals surface area contributed by atoms with Crippen LogP contribution >= 0.6 is 15.9 Å². The van der Waals surface area contributed by atoms with E-state index in [4.69, 9.17) is 4.89 Å². The van der Waals surface area contributed by atoms with Crippen LogP contribution in [0.2, 0.25) is 0 Å². The van der Waals surface area contributed by atoms with Crippen LogP contribution in [0.3, 0.4) is 0 Å². The van der Waals surface area contributed by atoms with E-state index < -0.39 is 15.9 Å². The second kappa shape index (κ2) is 12.8. The molecule has 100 valence electrons. The van der Waals surface area contributed by atoms with Gasteiger partial charge in [0.15, 0.2) is 0 Å². The van der Waals surface area contributed by atoms with Gasteiger partial charge in [-0.15, -0.1) is 0 Å². The molecule has 0 aliphatic heterocycles. The third kappa shape index (κ3) is 31.9. The van der Waals surface area contributed by atoms with Gasteiger partial charge in [-0.05, 0) is 12.8 Å². The fourth-order valence-electron chi connectivity index (χ4n) is 0.710. The van der Waals surface area contributed by atoms with Crippen LogP contribution in [0.5, 0.6) is 0 Å². The average Bonchev–Trinajstić information content (AvgIpc) is 2.10. The molecule has 9 heteroatoms.